The topological polar surface area (TPSA) is 111 Å². The fraction of sp³-hybridized carbons (Fsp3) is 0.200. The van der Waals surface area contributed by atoms with Crippen molar-refractivity contribution in [2.24, 2.45) is 0 Å². The van der Waals surface area contributed by atoms with Gasteiger partial charge in [0.2, 0.25) is 0 Å². The minimum absolute atomic E-state index is 0.0497. The number of anilines is 2. The first-order chi connectivity index (χ1) is 16.3. The maximum absolute atomic E-state index is 12.6. The standard InChI is InChI=1S/C25H25N3O6/c1-4-33-21-13-14-22(23(15-21)28(31)32)26-24(29)16-34-20-11-9-19(10-12-20)27(3)25(30)18-7-5-17(2)6-8-18/h5-15H,4,16H2,1-3H3,(H,26,29). The van der Waals surface area contributed by atoms with E-state index in [1.165, 1.54) is 17.0 Å². The summed E-state index contributed by atoms with van der Waals surface area (Å²) in [5.74, 6) is 0.0543. The molecule has 0 atom stereocenters. The molecule has 0 fully saturated rings. The zero-order valence-corrected chi connectivity index (χ0v) is 19.1. The summed E-state index contributed by atoms with van der Waals surface area (Å²) >= 11 is 0. The van der Waals surface area contributed by atoms with Gasteiger partial charge in [-0.25, -0.2) is 0 Å². The summed E-state index contributed by atoms with van der Waals surface area (Å²) in [6, 6.07) is 18.2. The van der Waals surface area contributed by atoms with Gasteiger partial charge in [0.15, 0.2) is 6.61 Å². The summed E-state index contributed by atoms with van der Waals surface area (Å²) in [4.78, 5) is 37.2. The van der Waals surface area contributed by atoms with E-state index in [0.717, 1.165) is 5.56 Å². The van der Waals surface area contributed by atoms with Gasteiger partial charge in [0.25, 0.3) is 17.5 Å². The molecule has 3 rings (SSSR count). The van der Waals surface area contributed by atoms with Gasteiger partial charge in [0.05, 0.1) is 17.6 Å². The van der Waals surface area contributed by atoms with E-state index < -0.39 is 10.8 Å². The molecule has 34 heavy (non-hydrogen) atoms. The molecule has 0 spiro atoms. The van der Waals surface area contributed by atoms with E-state index in [1.807, 2.05) is 19.1 Å². The minimum Gasteiger partial charge on any atom is -0.494 e. The number of hydrogen-bond acceptors (Lipinski definition) is 6. The largest absolute Gasteiger partial charge is 0.494 e. The van der Waals surface area contributed by atoms with Crippen LogP contribution in [0.4, 0.5) is 17.1 Å². The first-order valence-electron chi connectivity index (χ1n) is 10.6. The van der Waals surface area contributed by atoms with Crippen LogP contribution in [-0.2, 0) is 4.79 Å². The van der Waals surface area contributed by atoms with Crippen LogP contribution in [0, 0.1) is 17.0 Å². The van der Waals surface area contributed by atoms with Crippen LogP contribution in [-0.4, -0.2) is 37.0 Å². The van der Waals surface area contributed by atoms with Crippen molar-refractivity contribution in [1.29, 1.82) is 0 Å². The molecule has 0 aromatic heterocycles. The van der Waals surface area contributed by atoms with E-state index in [9.17, 15) is 19.7 Å². The molecule has 0 unspecified atom stereocenters. The van der Waals surface area contributed by atoms with Crippen molar-refractivity contribution in [3.8, 4) is 11.5 Å². The van der Waals surface area contributed by atoms with E-state index in [0.29, 0.717) is 29.4 Å². The third-order valence-corrected chi connectivity index (χ3v) is 4.95. The van der Waals surface area contributed by atoms with Gasteiger partial charge in [-0.15, -0.1) is 0 Å². The lowest BCUT2D eigenvalue weighted by atomic mass is 10.1. The lowest BCUT2D eigenvalue weighted by Gasteiger charge is -2.18. The first-order valence-corrected chi connectivity index (χ1v) is 10.6. The summed E-state index contributed by atoms with van der Waals surface area (Å²) in [6.45, 7) is 3.74. The van der Waals surface area contributed by atoms with Crippen molar-refractivity contribution in [2.45, 2.75) is 13.8 Å². The zero-order chi connectivity index (χ0) is 24.7. The SMILES string of the molecule is CCOc1ccc(NC(=O)COc2ccc(N(C)C(=O)c3ccc(C)cc3)cc2)c([N+](=O)[O-])c1. The molecule has 0 saturated heterocycles. The molecule has 9 heteroatoms. The van der Waals surface area contributed by atoms with Crippen molar-refractivity contribution < 1.29 is 24.0 Å². The Morgan fingerprint density at radius 2 is 1.62 bits per heavy atom. The van der Waals surface area contributed by atoms with Crippen LogP contribution in [0.25, 0.3) is 0 Å². The van der Waals surface area contributed by atoms with Gasteiger partial charge < -0.3 is 19.7 Å². The van der Waals surface area contributed by atoms with E-state index in [4.69, 9.17) is 9.47 Å². The predicted molar refractivity (Wildman–Crippen MR) is 129 cm³/mol. The van der Waals surface area contributed by atoms with Crippen molar-refractivity contribution in [2.75, 3.05) is 30.5 Å². The number of rotatable bonds is 9. The summed E-state index contributed by atoms with van der Waals surface area (Å²) in [7, 11) is 1.68. The second-order valence-corrected chi connectivity index (χ2v) is 7.43. The fourth-order valence-corrected chi connectivity index (χ4v) is 3.13. The van der Waals surface area contributed by atoms with Crippen molar-refractivity contribution in [3.63, 3.8) is 0 Å². The molecule has 9 nitrogen and oxygen atoms in total. The highest BCUT2D eigenvalue weighted by Gasteiger charge is 2.18. The van der Waals surface area contributed by atoms with Crippen LogP contribution >= 0.6 is 0 Å². The highest BCUT2D eigenvalue weighted by atomic mass is 16.6. The van der Waals surface area contributed by atoms with Gasteiger partial charge in [0.1, 0.15) is 17.2 Å². The normalized spacial score (nSPS) is 10.3. The summed E-state index contributed by atoms with van der Waals surface area (Å²) in [5.41, 5.74) is 2.08. The summed E-state index contributed by atoms with van der Waals surface area (Å²) in [5, 5.41) is 13.8. The van der Waals surface area contributed by atoms with Crippen molar-refractivity contribution in [3.05, 3.63) is 88.0 Å². The quantitative estimate of drug-likeness (QED) is 0.367. The Morgan fingerprint density at radius 1 is 0.971 bits per heavy atom. The molecule has 0 heterocycles. The van der Waals surface area contributed by atoms with Crippen LogP contribution in [0.15, 0.2) is 66.7 Å². The second kappa shape index (κ2) is 11.0. The van der Waals surface area contributed by atoms with Gasteiger partial charge in [-0.2, -0.15) is 0 Å². The van der Waals surface area contributed by atoms with Crippen LogP contribution in [0.1, 0.15) is 22.8 Å². The molecular formula is C25H25N3O6. The van der Waals surface area contributed by atoms with E-state index in [2.05, 4.69) is 5.32 Å². The van der Waals surface area contributed by atoms with Gasteiger partial charge in [-0.3, -0.25) is 19.7 Å². The van der Waals surface area contributed by atoms with Gasteiger partial charge >= 0.3 is 0 Å². The molecule has 2 amide bonds. The molecular weight excluding hydrogens is 438 g/mol. The highest BCUT2D eigenvalue weighted by Crippen LogP contribution is 2.29. The van der Waals surface area contributed by atoms with Crippen molar-refractivity contribution >= 4 is 28.9 Å². The Kier molecular flexibility index (Phi) is 7.81. The van der Waals surface area contributed by atoms with Crippen LogP contribution < -0.4 is 19.7 Å². The van der Waals surface area contributed by atoms with Crippen molar-refractivity contribution in [1.82, 2.24) is 0 Å². The smallest absolute Gasteiger partial charge is 0.296 e. The number of nitrogens with one attached hydrogen (secondary N) is 1. The Morgan fingerprint density at radius 3 is 2.24 bits per heavy atom. The molecule has 176 valence electrons. The maximum atomic E-state index is 12.6. The van der Waals surface area contributed by atoms with E-state index >= 15 is 0 Å². The number of hydrogen-bond donors (Lipinski definition) is 1. The predicted octanol–water partition coefficient (Wildman–Crippen LogP) is 4.60. The molecule has 0 bridgehead atoms. The first kappa shape index (κ1) is 24.2. The number of aryl methyl sites for hydroxylation is 1. The third kappa shape index (κ3) is 6.10. The Hall–Kier alpha value is -4.40. The number of ether oxygens (including phenoxy) is 2. The number of nitrogens with zero attached hydrogens (tertiary/aromatic N) is 2. The van der Waals surface area contributed by atoms with Crippen LogP contribution in [0.2, 0.25) is 0 Å². The molecule has 0 radical (unpaired) electrons. The molecule has 1 N–H and O–H groups in total. The Balaban J connectivity index is 1.59. The molecule has 3 aromatic rings. The molecule has 0 aliphatic carbocycles. The Labute approximate surface area is 197 Å². The van der Waals surface area contributed by atoms with Gasteiger partial charge in [0, 0.05) is 18.3 Å². The van der Waals surface area contributed by atoms with Crippen LogP contribution in [0.5, 0.6) is 11.5 Å². The number of nitro benzene ring substituents is 1. The van der Waals surface area contributed by atoms with Gasteiger partial charge in [-0.1, -0.05) is 17.7 Å². The molecule has 0 aliphatic rings. The lowest BCUT2D eigenvalue weighted by Crippen LogP contribution is -2.26. The van der Waals surface area contributed by atoms with E-state index in [1.54, 1.807) is 56.4 Å². The highest BCUT2D eigenvalue weighted by molar-refractivity contribution is 6.05. The lowest BCUT2D eigenvalue weighted by molar-refractivity contribution is -0.384. The number of benzene rings is 3. The summed E-state index contributed by atoms with van der Waals surface area (Å²) in [6.07, 6.45) is 0. The number of nitro groups is 1. The molecule has 0 aliphatic heterocycles. The van der Waals surface area contributed by atoms with Gasteiger partial charge in [-0.05, 0) is 62.4 Å². The monoisotopic (exact) mass is 463 g/mol. The van der Waals surface area contributed by atoms with E-state index in [-0.39, 0.29) is 23.9 Å². The molecule has 3 aromatic carbocycles. The number of amides is 2. The zero-order valence-electron chi connectivity index (χ0n) is 19.1. The third-order valence-electron chi connectivity index (χ3n) is 4.95. The Bertz CT molecular complexity index is 1180. The molecule has 0 saturated carbocycles. The number of carbonyl (C=O) groups is 2. The fourth-order valence-electron chi connectivity index (χ4n) is 3.13. The number of carbonyl (C=O) groups excluding carboxylic acids is 2. The van der Waals surface area contributed by atoms with Crippen LogP contribution in [0.3, 0.4) is 0 Å². The maximum Gasteiger partial charge on any atom is 0.296 e. The average molecular weight is 463 g/mol. The second-order valence-electron chi connectivity index (χ2n) is 7.43. The minimum atomic E-state index is -0.591. The average Bonchev–Trinajstić information content (AvgIpc) is 2.83. The summed E-state index contributed by atoms with van der Waals surface area (Å²) < 4.78 is 10.8.